The summed E-state index contributed by atoms with van der Waals surface area (Å²) >= 11 is 3.38. The molecule has 102 valence electrons. The van der Waals surface area contributed by atoms with Crippen LogP contribution in [-0.2, 0) is 15.6 Å². The van der Waals surface area contributed by atoms with E-state index in [1.807, 2.05) is 32.0 Å². The van der Waals surface area contributed by atoms with Gasteiger partial charge in [-0.2, -0.15) is 0 Å². The smallest absolute Gasteiger partial charge is 0.296 e. The minimum absolute atomic E-state index is 0.228. The van der Waals surface area contributed by atoms with Crippen molar-refractivity contribution in [3.63, 3.8) is 0 Å². The van der Waals surface area contributed by atoms with Crippen LogP contribution in [0.4, 0.5) is 0 Å². The van der Waals surface area contributed by atoms with Crippen LogP contribution >= 0.6 is 26.6 Å². The van der Waals surface area contributed by atoms with Gasteiger partial charge in [-0.1, -0.05) is 15.9 Å². The summed E-state index contributed by atoms with van der Waals surface area (Å²) in [6.45, 7) is 4.15. The number of hydrogen-bond acceptors (Lipinski definition) is 4. The zero-order chi connectivity index (χ0) is 14.2. The van der Waals surface area contributed by atoms with E-state index in [4.69, 9.17) is 10.7 Å². The highest BCUT2D eigenvalue weighted by Crippen LogP contribution is 2.27. The van der Waals surface area contributed by atoms with Crippen LogP contribution in [0.2, 0.25) is 0 Å². The van der Waals surface area contributed by atoms with Crippen molar-refractivity contribution >= 4 is 35.7 Å². The molecule has 0 saturated carbocycles. The molecule has 0 radical (unpaired) electrons. The Morgan fingerprint density at radius 2 is 2.05 bits per heavy atom. The summed E-state index contributed by atoms with van der Waals surface area (Å²) in [5.74, 6) is 0.492. The van der Waals surface area contributed by atoms with Crippen LogP contribution in [0.15, 0.2) is 27.8 Å². The van der Waals surface area contributed by atoms with E-state index in [0.29, 0.717) is 12.4 Å². The van der Waals surface area contributed by atoms with Crippen molar-refractivity contribution < 1.29 is 8.42 Å². The molecule has 2 aromatic rings. The van der Waals surface area contributed by atoms with Crippen LogP contribution < -0.4 is 0 Å². The van der Waals surface area contributed by atoms with Gasteiger partial charge in [0.05, 0.1) is 0 Å². The van der Waals surface area contributed by atoms with Gasteiger partial charge in [-0.25, -0.2) is 8.42 Å². The van der Waals surface area contributed by atoms with Gasteiger partial charge < -0.3 is 0 Å². The second kappa shape index (κ2) is 5.22. The summed E-state index contributed by atoms with van der Waals surface area (Å²) in [4.78, 5) is 0. The molecule has 1 aromatic heterocycles. The molecule has 5 nitrogen and oxygen atoms in total. The number of rotatable bonds is 3. The molecule has 0 aliphatic carbocycles. The number of hydrogen-bond donors (Lipinski definition) is 0. The van der Waals surface area contributed by atoms with Crippen LogP contribution in [-0.4, -0.2) is 23.2 Å². The van der Waals surface area contributed by atoms with Gasteiger partial charge in [0.15, 0.2) is 5.82 Å². The quantitative estimate of drug-likeness (QED) is 0.785. The number of halogens is 2. The monoisotopic (exact) mass is 363 g/mol. The second-order valence-electron chi connectivity index (χ2n) is 3.95. The average molecular weight is 365 g/mol. The lowest BCUT2D eigenvalue weighted by Gasteiger charge is -2.08. The molecule has 0 atom stereocenters. The third-order valence-electron chi connectivity index (χ3n) is 2.68. The average Bonchev–Trinajstić information content (AvgIpc) is 2.72. The van der Waals surface area contributed by atoms with Crippen LogP contribution in [0.1, 0.15) is 12.5 Å². The second-order valence-corrected chi connectivity index (χ2v) is 7.32. The molecule has 0 saturated heterocycles. The zero-order valence-electron chi connectivity index (χ0n) is 10.3. The van der Waals surface area contributed by atoms with Gasteiger partial charge in [0.1, 0.15) is 0 Å². The lowest BCUT2D eigenvalue weighted by Crippen LogP contribution is -2.06. The molecule has 0 unspecified atom stereocenters. The first-order chi connectivity index (χ1) is 8.84. The molecule has 0 amide bonds. The maximum atomic E-state index is 11.4. The van der Waals surface area contributed by atoms with Gasteiger partial charge in [0, 0.05) is 27.3 Å². The predicted molar refractivity (Wildman–Crippen MR) is 76.6 cm³/mol. The van der Waals surface area contributed by atoms with E-state index < -0.39 is 9.05 Å². The van der Waals surface area contributed by atoms with Crippen molar-refractivity contribution in [3.05, 3.63) is 28.2 Å². The Hall–Kier alpha value is -0.920. The maximum Gasteiger partial charge on any atom is 0.296 e. The van der Waals surface area contributed by atoms with Gasteiger partial charge in [0.2, 0.25) is 0 Å². The third kappa shape index (κ3) is 2.82. The summed E-state index contributed by atoms with van der Waals surface area (Å²) in [7, 11) is 1.45. The van der Waals surface area contributed by atoms with Crippen molar-refractivity contribution in [2.45, 2.75) is 25.5 Å². The molecule has 1 aromatic carbocycles. The highest BCUT2D eigenvalue weighted by atomic mass is 79.9. The standard InChI is InChI=1S/C11H11BrClN3O2S/c1-3-16-10(14-15-11(16)19(13,17)18)9-5-4-8(12)6-7(9)2/h4-6H,3H2,1-2H3. The molecule has 0 N–H and O–H groups in total. The van der Waals surface area contributed by atoms with Crippen LogP contribution in [0.3, 0.4) is 0 Å². The van der Waals surface area contributed by atoms with Crippen molar-refractivity contribution in [3.8, 4) is 11.4 Å². The fourth-order valence-electron chi connectivity index (χ4n) is 1.83. The third-order valence-corrected chi connectivity index (χ3v) is 4.33. The fraction of sp³-hybridized carbons (Fsp3) is 0.273. The molecule has 0 aliphatic heterocycles. The van der Waals surface area contributed by atoms with E-state index in [1.54, 1.807) is 0 Å². The van der Waals surface area contributed by atoms with Gasteiger partial charge in [-0.15, -0.1) is 10.2 Å². The minimum atomic E-state index is -3.90. The Labute approximate surface area is 124 Å². The number of aromatic nitrogens is 3. The Kier molecular flexibility index (Phi) is 3.98. The van der Waals surface area contributed by atoms with Gasteiger partial charge in [-0.05, 0) is 37.6 Å². The molecular weight excluding hydrogens is 354 g/mol. The lowest BCUT2D eigenvalue weighted by molar-refractivity contribution is 0.582. The summed E-state index contributed by atoms with van der Waals surface area (Å²) in [6, 6.07) is 5.66. The van der Waals surface area contributed by atoms with Crippen LogP contribution in [0.5, 0.6) is 0 Å². The van der Waals surface area contributed by atoms with E-state index in [2.05, 4.69) is 26.1 Å². The van der Waals surface area contributed by atoms with Crippen molar-refractivity contribution in [1.29, 1.82) is 0 Å². The van der Waals surface area contributed by atoms with E-state index in [0.717, 1.165) is 15.6 Å². The first kappa shape index (κ1) is 14.5. The minimum Gasteiger partial charge on any atom is -0.297 e. The van der Waals surface area contributed by atoms with Crippen LogP contribution in [0.25, 0.3) is 11.4 Å². The molecule has 0 fully saturated rings. The molecule has 19 heavy (non-hydrogen) atoms. The van der Waals surface area contributed by atoms with Gasteiger partial charge in [-0.3, -0.25) is 4.57 Å². The van der Waals surface area contributed by atoms with Crippen molar-refractivity contribution in [1.82, 2.24) is 14.8 Å². The highest BCUT2D eigenvalue weighted by molar-refractivity contribution is 9.10. The number of aryl methyl sites for hydroxylation is 1. The lowest BCUT2D eigenvalue weighted by atomic mass is 10.1. The molecule has 1 heterocycles. The normalized spacial score (nSPS) is 11.8. The highest BCUT2D eigenvalue weighted by Gasteiger charge is 2.23. The van der Waals surface area contributed by atoms with Crippen molar-refractivity contribution in [2.75, 3.05) is 0 Å². The summed E-state index contributed by atoms with van der Waals surface area (Å²) in [5.41, 5.74) is 1.79. The Balaban J connectivity index is 2.67. The molecule has 2 rings (SSSR count). The SMILES string of the molecule is CCn1c(-c2ccc(Br)cc2C)nnc1S(=O)(=O)Cl. The predicted octanol–water partition coefficient (Wildman–Crippen LogP) is 2.96. The Bertz CT molecular complexity index is 728. The van der Waals surface area contributed by atoms with Crippen LogP contribution in [0, 0.1) is 6.92 Å². The number of benzene rings is 1. The first-order valence-corrected chi connectivity index (χ1v) is 8.59. The zero-order valence-corrected chi connectivity index (χ0v) is 13.4. The molecule has 0 bridgehead atoms. The van der Waals surface area contributed by atoms with Gasteiger partial charge >= 0.3 is 0 Å². The van der Waals surface area contributed by atoms with E-state index in [1.165, 1.54) is 4.57 Å². The topological polar surface area (TPSA) is 64.8 Å². The molecule has 0 aliphatic rings. The Morgan fingerprint density at radius 1 is 1.37 bits per heavy atom. The molecular formula is C11H11BrClN3O2S. The van der Waals surface area contributed by atoms with Gasteiger partial charge in [0.25, 0.3) is 14.2 Å². The molecule has 8 heteroatoms. The van der Waals surface area contributed by atoms with Crippen molar-refractivity contribution in [2.24, 2.45) is 0 Å². The van der Waals surface area contributed by atoms with E-state index in [9.17, 15) is 8.42 Å². The summed E-state index contributed by atoms with van der Waals surface area (Å²) < 4.78 is 25.3. The Morgan fingerprint density at radius 3 is 2.58 bits per heavy atom. The maximum absolute atomic E-state index is 11.4. The largest absolute Gasteiger partial charge is 0.297 e. The summed E-state index contributed by atoms with van der Waals surface area (Å²) in [6.07, 6.45) is 0. The summed E-state index contributed by atoms with van der Waals surface area (Å²) in [5, 5.41) is 7.40. The molecule has 0 spiro atoms. The van der Waals surface area contributed by atoms with E-state index in [-0.39, 0.29) is 5.16 Å². The number of nitrogens with zero attached hydrogens (tertiary/aromatic N) is 3. The first-order valence-electron chi connectivity index (χ1n) is 5.49. The van der Waals surface area contributed by atoms with E-state index >= 15 is 0 Å². The fourth-order valence-corrected chi connectivity index (χ4v) is 3.27.